The highest BCUT2D eigenvalue weighted by Crippen LogP contribution is 2.22. The Balaban J connectivity index is 1.75. The summed E-state index contributed by atoms with van der Waals surface area (Å²) in [5, 5.41) is 3.73. The van der Waals surface area contributed by atoms with Gasteiger partial charge in [-0.1, -0.05) is 6.07 Å². The van der Waals surface area contributed by atoms with Crippen LogP contribution in [0.15, 0.2) is 48.8 Å². The molecule has 8 heteroatoms. The third-order valence-corrected chi connectivity index (χ3v) is 6.49. The highest BCUT2D eigenvalue weighted by atomic mass is 32.2. The molecule has 1 aliphatic rings. The van der Waals surface area contributed by atoms with Gasteiger partial charge in [-0.25, -0.2) is 8.42 Å². The van der Waals surface area contributed by atoms with Gasteiger partial charge in [0.05, 0.1) is 18.1 Å². The van der Waals surface area contributed by atoms with Gasteiger partial charge in [-0.15, -0.1) is 0 Å². The van der Waals surface area contributed by atoms with Crippen LogP contribution in [0, 0.1) is 0 Å². The van der Waals surface area contributed by atoms with E-state index in [1.165, 1.54) is 0 Å². The van der Waals surface area contributed by atoms with E-state index < -0.39 is 9.84 Å². The van der Waals surface area contributed by atoms with Crippen LogP contribution in [0.4, 0.5) is 5.69 Å². The summed E-state index contributed by atoms with van der Waals surface area (Å²) in [5.74, 6) is 1.12. The average molecular weight is 406 g/mol. The molecule has 1 aromatic heterocycles. The fourth-order valence-electron chi connectivity index (χ4n) is 3.07. The molecule has 2 heterocycles. The molecule has 1 aromatic carbocycles. The van der Waals surface area contributed by atoms with Gasteiger partial charge in [0, 0.05) is 30.7 Å². The molecule has 0 saturated carbocycles. The summed E-state index contributed by atoms with van der Waals surface area (Å²) in [6, 6.07) is 11.2. The number of hydrogen-bond acceptors (Lipinski definition) is 5. The first-order valence-electron chi connectivity index (χ1n) is 8.86. The Morgan fingerprint density at radius 1 is 1.33 bits per heavy atom. The molecule has 0 unspecified atom stereocenters. The molecule has 144 valence electrons. The first-order valence-corrected chi connectivity index (χ1v) is 11.1. The lowest BCUT2D eigenvalue weighted by atomic mass is 10.2. The molecule has 1 atom stereocenters. The van der Waals surface area contributed by atoms with Crippen molar-refractivity contribution in [1.82, 2.24) is 9.88 Å². The molecule has 1 N–H and O–H groups in total. The molecule has 1 aliphatic heterocycles. The average Bonchev–Trinajstić information content (AvgIpc) is 3.02. The highest BCUT2D eigenvalue weighted by molar-refractivity contribution is 7.91. The van der Waals surface area contributed by atoms with Gasteiger partial charge in [0.25, 0.3) is 0 Å². The number of anilines is 1. The van der Waals surface area contributed by atoms with Crippen LogP contribution in [0.1, 0.15) is 18.9 Å². The number of ether oxygens (including phenoxy) is 1. The van der Waals surface area contributed by atoms with Gasteiger partial charge in [-0.05, 0) is 61.5 Å². The zero-order chi connectivity index (χ0) is 19.3. The summed E-state index contributed by atoms with van der Waals surface area (Å²) >= 11 is 5.62. The number of pyridine rings is 1. The first kappa shape index (κ1) is 19.6. The van der Waals surface area contributed by atoms with Gasteiger partial charge >= 0.3 is 0 Å². The summed E-state index contributed by atoms with van der Waals surface area (Å²) in [6.07, 6.45) is 4.06. The predicted octanol–water partition coefficient (Wildman–Crippen LogP) is 2.87. The molecule has 2 aromatic rings. The van der Waals surface area contributed by atoms with Crippen molar-refractivity contribution in [3.05, 3.63) is 54.4 Å². The van der Waals surface area contributed by atoms with Gasteiger partial charge in [0.2, 0.25) is 0 Å². The highest BCUT2D eigenvalue weighted by Gasteiger charge is 2.33. The van der Waals surface area contributed by atoms with Gasteiger partial charge in [0.15, 0.2) is 14.9 Å². The second-order valence-corrected chi connectivity index (χ2v) is 9.05. The van der Waals surface area contributed by atoms with Crippen molar-refractivity contribution < 1.29 is 13.2 Å². The molecule has 0 spiro atoms. The maximum absolute atomic E-state index is 12.0. The monoisotopic (exact) mass is 405 g/mol. The Labute approximate surface area is 165 Å². The van der Waals surface area contributed by atoms with E-state index in [0.717, 1.165) is 17.0 Å². The van der Waals surface area contributed by atoms with Crippen molar-refractivity contribution in [3.8, 4) is 5.75 Å². The number of hydrogen-bond donors (Lipinski definition) is 1. The second kappa shape index (κ2) is 8.67. The van der Waals surface area contributed by atoms with Crippen molar-refractivity contribution >= 4 is 32.9 Å². The lowest BCUT2D eigenvalue weighted by Gasteiger charge is -2.31. The number of rotatable bonds is 6. The normalized spacial score (nSPS) is 18.0. The van der Waals surface area contributed by atoms with Crippen LogP contribution in [-0.2, 0) is 16.4 Å². The van der Waals surface area contributed by atoms with Gasteiger partial charge in [-0.2, -0.15) is 0 Å². The van der Waals surface area contributed by atoms with Crippen molar-refractivity contribution in [2.24, 2.45) is 0 Å². The maximum atomic E-state index is 12.0. The quantitative estimate of drug-likeness (QED) is 0.741. The van der Waals surface area contributed by atoms with Crippen LogP contribution in [0.3, 0.4) is 0 Å². The standard InChI is InChI=1S/C19H23N3O3S2/c1-2-25-18-7-5-16(6-8-18)21-19(26)22(13-15-4-3-10-20-12-15)17-9-11-27(23,24)14-17/h3-8,10,12,17H,2,9,11,13-14H2,1H3,(H,21,26)/t17-/m1/s1. The number of sulfone groups is 1. The molecule has 6 nitrogen and oxygen atoms in total. The van der Waals surface area contributed by atoms with E-state index >= 15 is 0 Å². The molecular weight excluding hydrogens is 382 g/mol. The maximum Gasteiger partial charge on any atom is 0.174 e. The third kappa shape index (κ3) is 5.40. The Kier molecular flexibility index (Phi) is 6.28. The van der Waals surface area contributed by atoms with E-state index in [-0.39, 0.29) is 17.5 Å². The van der Waals surface area contributed by atoms with Crippen molar-refractivity contribution in [3.63, 3.8) is 0 Å². The van der Waals surface area contributed by atoms with Crippen LogP contribution >= 0.6 is 12.2 Å². The van der Waals surface area contributed by atoms with E-state index in [1.807, 2.05) is 48.2 Å². The van der Waals surface area contributed by atoms with Crippen molar-refractivity contribution in [1.29, 1.82) is 0 Å². The lowest BCUT2D eigenvalue weighted by molar-refractivity contribution is 0.332. The number of nitrogens with zero attached hydrogens (tertiary/aromatic N) is 2. The van der Waals surface area contributed by atoms with E-state index in [0.29, 0.717) is 24.7 Å². The van der Waals surface area contributed by atoms with E-state index in [4.69, 9.17) is 17.0 Å². The van der Waals surface area contributed by atoms with E-state index in [9.17, 15) is 8.42 Å². The number of nitrogens with one attached hydrogen (secondary N) is 1. The van der Waals surface area contributed by atoms with Crippen LogP contribution in [0.25, 0.3) is 0 Å². The molecule has 27 heavy (non-hydrogen) atoms. The number of thiocarbonyl (C=S) groups is 1. The zero-order valence-electron chi connectivity index (χ0n) is 15.2. The zero-order valence-corrected chi connectivity index (χ0v) is 16.8. The topological polar surface area (TPSA) is 71.5 Å². The molecule has 0 amide bonds. The Hall–Kier alpha value is -2.19. The minimum Gasteiger partial charge on any atom is -0.494 e. The third-order valence-electron chi connectivity index (χ3n) is 4.40. The lowest BCUT2D eigenvalue weighted by Crippen LogP contribution is -2.43. The van der Waals surface area contributed by atoms with Crippen LogP contribution in [0.2, 0.25) is 0 Å². The summed E-state index contributed by atoms with van der Waals surface area (Å²) in [6.45, 7) is 3.06. The molecular formula is C19H23N3O3S2. The van der Waals surface area contributed by atoms with Gasteiger partial charge in [-0.3, -0.25) is 4.98 Å². The summed E-state index contributed by atoms with van der Waals surface area (Å²) in [5.41, 5.74) is 1.82. The molecule has 0 bridgehead atoms. The van der Waals surface area contributed by atoms with Crippen LogP contribution in [0.5, 0.6) is 5.75 Å². The molecule has 0 aliphatic carbocycles. The SMILES string of the molecule is CCOc1ccc(NC(=S)N(Cc2cccnc2)[C@@H]2CCS(=O)(=O)C2)cc1. The second-order valence-electron chi connectivity index (χ2n) is 6.43. The summed E-state index contributed by atoms with van der Waals surface area (Å²) in [7, 11) is -3.01. The predicted molar refractivity (Wildman–Crippen MR) is 111 cm³/mol. The molecule has 0 radical (unpaired) electrons. The van der Waals surface area contributed by atoms with E-state index in [1.54, 1.807) is 12.4 Å². The van der Waals surface area contributed by atoms with E-state index in [2.05, 4.69) is 10.3 Å². The Bertz CT molecular complexity index is 871. The van der Waals surface area contributed by atoms with Crippen LogP contribution < -0.4 is 10.1 Å². The number of benzene rings is 1. The summed E-state index contributed by atoms with van der Waals surface area (Å²) in [4.78, 5) is 6.09. The van der Waals surface area contributed by atoms with Gasteiger partial charge in [0.1, 0.15) is 5.75 Å². The van der Waals surface area contributed by atoms with Gasteiger partial charge < -0.3 is 15.0 Å². The largest absolute Gasteiger partial charge is 0.494 e. The number of aromatic nitrogens is 1. The summed E-state index contributed by atoms with van der Waals surface area (Å²) < 4.78 is 29.4. The first-order chi connectivity index (χ1) is 13.0. The van der Waals surface area contributed by atoms with Crippen LogP contribution in [-0.4, -0.2) is 47.6 Å². The minimum atomic E-state index is -3.01. The van der Waals surface area contributed by atoms with Crippen molar-refractivity contribution in [2.45, 2.75) is 25.9 Å². The molecule has 1 saturated heterocycles. The molecule has 3 rings (SSSR count). The fourth-order valence-corrected chi connectivity index (χ4v) is 5.13. The van der Waals surface area contributed by atoms with Crippen molar-refractivity contribution in [2.75, 3.05) is 23.4 Å². The smallest absolute Gasteiger partial charge is 0.174 e. The Morgan fingerprint density at radius 3 is 2.70 bits per heavy atom. The minimum absolute atomic E-state index is 0.123. The fraction of sp³-hybridized carbons (Fsp3) is 0.368. The Morgan fingerprint density at radius 2 is 2.11 bits per heavy atom. The molecule has 1 fully saturated rings.